The third-order valence-electron chi connectivity index (χ3n) is 4.05. The molecule has 3 aromatic heterocycles. The van der Waals surface area contributed by atoms with Crippen molar-refractivity contribution in [3.63, 3.8) is 0 Å². The molecule has 0 atom stereocenters. The van der Waals surface area contributed by atoms with Crippen LogP contribution in [0.1, 0.15) is 16.1 Å². The number of aryl methyl sites for hydroxylation is 1. The predicted octanol–water partition coefficient (Wildman–Crippen LogP) is 2.76. The molecule has 0 aliphatic carbocycles. The largest absolute Gasteiger partial charge is 0.497 e. The topological polar surface area (TPSA) is 94.3 Å². The van der Waals surface area contributed by atoms with E-state index in [0.717, 1.165) is 11.3 Å². The minimum Gasteiger partial charge on any atom is -0.497 e. The summed E-state index contributed by atoms with van der Waals surface area (Å²) in [6.45, 7) is 1.77. The Balaban J connectivity index is 1.64. The molecule has 4 aromatic rings. The number of hydrogen-bond donors (Lipinski definition) is 1. The first kappa shape index (κ1) is 16.6. The zero-order chi connectivity index (χ0) is 18.8. The van der Waals surface area contributed by atoms with Gasteiger partial charge in [-0.25, -0.2) is 9.50 Å². The van der Waals surface area contributed by atoms with Crippen molar-refractivity contribution < 1.29 is 9.53 Å². The minimum atomic E-state index is -0.270. The van der Waals surface area contributed by atoms with Crippen molar-refractivity contribution >= 4 is 17.4 Å². The third-order valence-corrected chi connectivity index (χ3v) is 4.05. The first-order valence-corrected chi connectivity index (χ1v) is 8.24. The monoisotopic (exact) mass is 360 g/mol. The maximum Gasteiger partial charge on any atom is 0.259 e. The van der Waals surface area contributed by atoms with Gasteiger partial charge in [-0.15, -0.1) is 5.10 Å². The molecular weight excluding hydrogens is 344 g/mol. The molecule has 0 unspecified atom stereocenters. The van der Waals surface area contributed by atoms with E-state index in [9.17, 15) is 4.79 Å². The number of carbonyl (C=O) groups is 1. The van der Waals surface area contributed by atoms with Gasteiger partial charge in [0.1, 0.15) is 5.75 Å². The second-order valence-corrected chi connectivity index (χ2v) is 5.84. The Labute approximate surface area is 154 Å². The van der Waals surface area contributed by atoms with Crippen LogP contribution in [0.3, 0.4) is 0 Å². The molecule has 0 saturated heterocycles. The van der Waals surface area contributed by atoms with Gasteiger partial charge in [-0.2, -0.15) is 4.98 Å². The molecule has 1 aromatic carbocycles. The van der Waals surface area contributed by atoms with E-state index in [0.29, 0.717) is 28.5 Å². The third kappa shape index (κ3) is 3.32. The van der Waals surface area contributed by atoms with Crippen molar-refractivity contribution in [2.24, 2.45) is 0 Å². The Kier molecular flexibility index (Phi) is 4.21. The van der Waals surface area contributed by atoms with Gasteiger partial charge < -0.3 is 10.1 Å². The smallest absolute Gasteiger partial charge is 0.259 e. The zero-order valence-electron chi connectivity index (χ0n) is 14.7. The summed E-state index contributed by atoms with van der Waals surface area (Å²) in [5.41, 5.74) is 2.49. The molecular formula is C19H16N6O2. The van der Waals surface area contributed by atoms with Gasteiger partial charge in [0.2, 0.25) is 0 Å². The zero-order valence-corrected chi connectivity index (χ0v) is 14.7. The fourth-order valence-electron chi connectivity index (χ4n) is 2.62. The van der Waals surface area contributed by atoms with E-state index in [-0.39, 0.29) is 5.91 Å². The van der Waals surface area contributed by atoms with Crippen molar-refractivity contribution in [3.8, 4) is 17.1 Å². The Bertz CT molecular complexity index is 1110. The Morgan fingerprint density at radius 2 is 1.81 bits per heavy atom. The van der Waals surface area contributed by atoms with Gasteiger partial charge in [0.25, 0.3) is 11.7 Å². The SMILES string of the molecule is COc1ccc(NC(=O)c2cn3nc(-c4ccncc4)nc3nc2C)cc1. The van der Waals surface area contributed by atoms with Crippen LogP contribution < -0.4 is 10.1 Å². The number of hydrogen-bond acceptors (Lipinski definition) is 6. The number of methoxy groups -OCH3 is 1. The lowest BCUT2D eigenvalue weighted by atomic mass is 10.2. The number of benzene rings is 1. The van der Waals surface area contributed by atoms with E-state index in [4.69, 9.17) is 4.74 Å². The first-order chi connectivity index (χ1) is 13.1. The average molecular weight is 360 g/mol. The highest BCUT2D eigenvalue weighted by molar-refractivity contribution is 6.04. The van der Waals surface area contributed by atoms with Gasteiger partial charge in [0.15, 0.2) is 5.82 Å². The lowest BCUT2D eigenvalue weighted by molar-refractivity contribution is 0.102. The van der Waals surface area contributed by atoms with Gasteiger partial charge in [-0.3, -0.25) is 9.78 Å². The van der Waals surface area contributed by atoms with Crippen LogP contribution in [0.5, 0.6) is 5.75 Å². The number of pyridine rings is 1. The van der Waals surface area contributed by atoms with Crippen LogP contribution in [0.15, 0.2) is 55.0 Å². The Morgan fingerprint density at radius 3 is 2.52 bits per heavy atom. The lowest BCUT2D eigenvalue weighted by Crippen LogP contribution is -2.15. The molecule has 0 fully saturated rings. The van der Waals surface area contributed by atoms with Crippen LogP contribution in [0.2, 0.25) is 0 Å². The van der Waals surface area contributed by atoms with Crippen LogP contribution in [0, 0.1) is 6.92 Å². The highest BCUT2D eigenvalue weighted by atomic mass is 16.5. The second-order valence-electron chi connectivity index (χ2n) is 5.84. The van der Waals surface area contributed by atoms with Crippen molar-refractivity contribution in [1.82, 2.24) is 24.6 Å². The molecule has 0 saturated carbocycles. The second kappa shape index (κ2) is 6.83. The van der Waals surface area contributed by atoms with Gasteiger partial charge >= 0.3 is 0 Å². The number of rotatable bonds is 4. The van der Waals surface area contributed by atoms with Crippen molar-refractivity contribution in [3.05, 3.63) is 66.2 Å². The molecule has 0 bridgehead atoms. The van der Waals surface area contributed by atoms with Crippen LogP contribution in [-0.4, -0.2) is 37.6 Å². The summed E-state index contributed by atoms with van der Waals surface area (Å²) in [5.74, 6) is 1.41. The summed E-state index contributed by atoms with van der Waals surface area (Å²) < 4.78 is 6.63. The molecule has 134 valence electrons. The molecule has 0 aliphatic rings. The highest BCUT2D eigenvalue weighted by Gasteiger charge is 2.15. The number of carbonyl (C=O) groups excluding carboxylic acids is 1. The van der Waals surface area contributed by atoms with E-state index < -0.39 is 0 Å². The molecule has 0 spiro atoms. The summed E-state index contributed by atoms with van der Waals surface area (Å²) in [6.07, 6.45) is 4.98. The molecule has 8 heteroatoms. The molecule has 27 heavy (non-hydrogen) atoms. The average Bonchev–Trinajstić information content (AvgIpc) is 3.11. The van der Waals surface area contributed by atoms with Crippen LogP contribution in [-0.2, 0) is 0 Å². The van der Waals surface area contributed by atoms with Crippen molar-refractivity contribution in [1.29, 1.82) is 0 Å². The normalized spacial score (nSPS) is 10.7. The summed E-state index contributed by atoms with van der Waals surface area (Å²) in [4.78, 5) is 25.5. The summed E-state index contributed by atoms with van der Waals surface area (Å²) >= 11 is 0. The van der Waals surface area contributed by atoms with Crippen molar-refractivity contribution in [2.45, 2.75) is 6.92 Å². The van der Waals surface area contributed by atoms with Crippen LogP contribution in [0.4, 0.5) is 5.69 Å². The maximum absolute atomic E-state index is 12.7. The van der Waals surface area contributed by atoms with E-state index in [2.05, 4.69) is 25.4 Å². The summed E-state index contributed by atoms with van der Waals surface area (Å²) in [5, 5.41) is 7.26. The molecule has 8 nitrogen and oxygen atoms in total. The predicted molar refractivity (Wildman–Crippen MR) is 99.7 cm³/mol. The van der Waals surface area contributed by atoms with Gasteiger partial charge in [-0.1, -0.05) is 0 Å². The summed E-state index contributed by atoms with van der Waals surface area (Å²) in [6, 6.07) is 10.7. The van der Waals surface area contributed by atoms with Crippen LogP contribution in [0.25, 0.3) is 17.2 Å². The molecule has 0 radical (unpaired) electrons. The maximum atomic E-state index is 12.7. The van der Waals surface area contributed by atoms with E-state index in [1.807, 2.05) is 12.1 Å². The fourth-order valence-corrected chi connectivity index (χ4v) is 2.62. The molecule has 1 amide bonds. The molecule has 3 heterocycles. The molecule has 1 N–H and O–H groups in total. The number of amides is 1. The quantitative estimate of drug-likeness (QED) is 0.601. The molecule has 4 rings (SSSR count). The Hall–Kier alpha value is -3.81. The van der Waals surface area contributed by atoms with E-state index in [1.165, 1.54) is 4.52 Å². The van der Waals surface area contributed by atoms with E-state index in [1.54, 1.807) is 56.9 Å². The molecule has 0 aliphatic heterocycles. The number of nitrogens with zero attached hydrogens (tertiary/aromatic N) is 5. The van der Waals surface area contributed by atoms with Crippen molar-refractivity contribution in [2.75, 3.05) is 12.4 Å². The van der Waals surface area contributed by atoms with Gasteiger partial charge in [0, 0.05) is 29.8 Å². The number of ether oxygens (including phenoxy) is 1. The first-order valence-electron chi connectivity index (χ1n) is 8.24. The Morgan fingerprint density at radius 1 is 1.07 bits per heavy atom. The fraction of sp³-hybridized carbons (Fsp3) is 0.105. The number of fused-ring (bicyclic) bond motifs is 1. The van der Waals surface area contributed by atoms with E-state index >= 15 is 0 Å². The summed E-state index contributed by atoms with van der Waals surface area (Å²) in [7, 11) is 1.59. The number of anilines is 1. The number of aromatic nitrogens is 5. The van der Waals surface area contributed by atoms with Crippen LogP contribution >= 0.6 is 0 Å². The number of nitrogens with one attached hydrogen (secondary N) is 1. The standard InChI is InChI=1S/C19H16N6O2/c1-12-16(18(26)22-14-3-5-15(27-2)6-4-14)11-25-19(21-12)23-17(24-25)13-7-9-20-10-8-13/h3-11H,1-2H3,(H,22,26). The van der Waals surface area contributed by atoms with Gasteiger partial charge in [0.05, 0.1) is 18.4 Å². The lowest BCUT2D eigenvalue weighted by Gasteiger charge is -2.08. The minimum absolute atomic E-state index is 0.270. The van der Waals surface area contributed by atoms with Gasteiger partial charge in [-0.05, 0) is 43.3 Å². The highest BCUT2D eigenvalue weighted by Crippen LogP contribution is 2.18.